The Hall–Kier alpha value is -3.84. The summed E-state index contributed by atoms with van der Waals surface area (Å²) in [5, 5.41) is 0.983. The number of rotatable bonds is 2. The average Bonchev–Trinajstić information content (AvgIpc) is 3.33. The molecular formula is C24H15N3O3S. The van der Waals surface area contributed by atoms with Gasteiger partial charge in [0.05, 0.1) is 27.2 Å². The molecule has 5 aromatic rings. The number of aryl methyl sites for hydroxylation is 1. The third-order valence-electron chi connectivity index (χ3n) is 5.54. The molecule has 0 saturated heterocycles. The lowest BCUT2D eigenvalue weighted by Crippen LogP contribution is -2.29. The number of anilines is 1. The van der Waals surface area contributed by atoms with E-state index in [0.717, 1.165) is 21.3 Å². The van der Waals surface area contributed by atoms with Crippen LogP contribution in [-0.4, -0.2) is 15.9 Å². The summed E-state index contributed by atoms with van der Waals surface area (Å²) in [4.78, 5) is 37.4. The Bertz CT molecular complexity index is 1560. The van der Waals surface area contributed by atoms with Crippen LogP contribution in [0.15, 0.2) is 76.2 Å². The molecule has 0 saturated carbocycles. The van der Waals surface area contributed by atoms with Gasteiger partial charge >= 0.3 is 0 Å². The van der Waals surface area contributed by atoms with Crippen LogP contribution in [-0.2, 0) is 0 Å². The van der Waals surface area contributed by atoms with Crippen LogP contribution in [0.2, 0.25) is 0 Å². The van der Waals surface area contributed by atoms with Crippen molar-refractivity contribution in [2.24, 2.45) is 0 Å². The molecule has 31 heavy (non-hydrogen) atoms. The number of para-hydroxylation sites is 1. The summed E-state index contributed by atoms with van der Waals surface area (Å²) >= 11 is 1.43. The van der Waals surface area contributed by atoms with Crippen LogP contribution in [0.3, 0.4) is 0 Å². The number of carbonyl (C=O) groups is 1. The first-order valence-electron chi connectivity index (χ1n) is 9.78. The number of carbonyl (C=O) groups excluding carboxylic acids is 1. The third kappa shape index (κ3) is 2.63. The summed E-state index contributed by atoms with van der Waals surface area (Å²) in [6, 6.07) is 16.0. The number of hydrogen-bond donors (Lipinski definition) is 0. The van der Waals surface area contributed by atoms with E-state index >= 15 is 0 Å². The van der Waals surface area contributed by atoms with Crippen molar-refractivity contribution in [1.82, 2.24) is 9.97 Å². The topological polar surface area (TPSA) is 76.3 Å². The van der Waals surface area contributed by atoms with E-state index in [1.165, 1.54) is 11.3 Å². The molecule has 0 unspecified atom stereocenters. The van der Waals surface area contributed by atoms with Gasteiger partial charge in [-0.2, -0.15) is 0 Å². The predicted molar refractivity (Wildman–Crippen MR) is 120 cm³/mol. The molecule has 150 valence electrons. The largest absolute Gasteiger partial charge is 0.450 e. The zero-order valence-corrected chi connectivity index (χ0v) is 17.2. The lowest BCUT2D eigenvalue weighted by atomic mass is 10.00. The summed E-state index contributed by atoms with van der Waals surface area (Å²) in [7, 11) is 0. The van der Waals surface area contributed by atoms with Crippen molar-refractivity contribution in [3.8, 4) is 0 Å². The molecule has 2 aromatic carbocycles. The number of aromatic nitrogens is 2. The Kier molecular flexibility index (Phi) is 3.82. The molecule has 1 atom stereocenters. The number of nitrogens with zero attached hydrogens (tertiary/aromatic N) is 3. The zero-order valence-electron chi connectivity index (χ0n) is 16.4. The van der Waals surface area contributed by atoms with Gasteiger partial charge in [-0.3, -0.25) is 19.5 Å². The number of benzene rings is 2. The molecule has 6 nitrogen and oxygen atoms in total. The highest BCUT2D eigenvalue weighted by atomic mass is 32.1. The molecule has 1 aliphatic heterocycles. The van der Waals surface area contributed by atoms with Crippen LogP contribution in [0, 0.1) is 6.92 Å². The summed E-state index contributed by atoms with van der Waals surface area (Å²) in [5.74, 6) is -0.295. The maximum atomic E-state index is 13.6. The summed E-state index contributed by atoms with van der Waals surface area (Å²) in [5.41, 5.74) is 3.24. The van der Waals surface area contributed by atoms with Gasteiger partial charge in [0.1, 0.15) is 5.58 Å². The molecule has 1 amide bonds. The monoisotopic (exact) mass is 425 g/mol. The second-order valence-electron chi connectivity index (χ2n) is 7.50. The molecule has 4 heterocycles. The fraction of sp³-hybridized carbons (Fsp3) is 0.0833. The number of fused-ring (bicyclic) bond motifs is 3. The fourth-order valence-corrected chi connectivity index (χ4v) is 5.19. The lowest BCUT2D eigenvalue weighted by molar-refractivity contribution is 0.0971. The van der Waals surface area contributed by atoms with Crippen LogP contribution < -0.4 is 10.3 Å². The van der Waals surface area contributed by atoms with E-state index in [1.54, 1.807) is 41.6 Å². The molecule has 0 fully saturated rings. The summed E-state index contributed by atoms with van der Waals surface area (Å²) in [6.45, 7) is 2.02. The Morgan fingerprint density at radius 3 is 2.68 bits per heavy atom. The van der Waals surface area contributed by atoms with Crippen molar-refractivity contribution in [3.63, 3.8) is 0 Å². The standard InChI is InChI=1S/C24H15N3O3S/c1-13-6-7-16-18(12-13)31-24(26-16)27-20(14-8-10-25-11-9-14)19-21(28)15-4-2-3-5-17(15)30-22(19)23(27)29/h2-12,20H,1H3/t20-/m1/s1. The summed E-state index contributed by atoms with van der Waals surface area (Å²) in [6.07, 6.45) is 3.31. The minimum Gasteiger partial charge on any atom is -0.450 e. The maximum absolute atomic E-state index is 13.6. The third-order valence-corrected chi connectivity index (χ3v) is 6.56. The average molecular weight is 425 g/mol. The van der Waals surface area contributed by atoms with E-state index in [1.807, 2.05) is 37.3 Å². The van der Waals surface area contributed by atoms with Crippen LogP contribution in [0.4, 0.5) is 5.13 Å². The molecular weight excluding hydrogens is 410 g/mol. The van der Waals surface area contributed by atoms with Crippen LogP contribution in [0.1, 0.15) is 33.3 Å². The molecule has 0 N–H and O–H groups in total. The molecule has 0 aliphatic carbocycles. The van der Waals surface area contributed by atoms with Crippen LogP contribution >= 0.6 is 11.3 Å². The van der Waals surface area contributed by atoms with E-state index in [0.29, 0.717) is 21.7 Å². The maximum Gasteiger partial charge on any atom is 0.297 e. The van der Waals surface area contributed by atoms with Gasteiger partial charge in [0, 0.05) is 12.4 Å². The molecule has 1 aliphatic rings. The molecule has 0 bridgehead atoms. The van der Waals surface area contributed by atoms with Crippen molar-refractivity contribution >= 4 is 43.6 Å². The Morgan fingerprint density at radius 1 is 1.03 bits per heavy atom. The number of hydrogen-bond acceptors (Lipinski definition) is 6. The minimum atomic E-state index is -0.631. The van der Waals surface area contributed by atoms with E-state index < -0.39 is 6.04 Å². The van der Waals surface area contributed by atoms with Crippen molar-refractivity contribution in [3.05, 3.63) is 99.7 Å². The predicted octanol–water partition coefficient (Wildman–Crippen LogP) is 4.86. The highest BCUT2D eigenvalue weighted by molar-refractivity contribution is 7.22. The SMILES string of the molecule is Cc1ccc2nc(N3C(=O)c4oc5ccccc5c(=O)c4[C@H]3c3ccncc3)sc2c1. The van der Waals surface area contributed by atoms with Gasteiger partial charge in [0.15, 0.2) is 10.6 Å². The quantitative estimate of drug-likeness (QED) is 0.404. The highest BCUT2D eigenvalue weighted by Crippen LogP contribution is 2.43. The molecule has 7 heteroatoms. The van der Waals surface area contributed by atoms with Crippen LogP contribution in [0.25, 0.3) is 21.2 Å². The fourth-order valence-electron chi connectivity index (χ4n) is 4.10. The second-order valence-corrected chi connectivity index (χ2v) is 8.51. The first-order chi connectivity index (χ1) is 15.1. The van der Waals surface area contributed by atoms with Crippen molar-refractivity contribution in [2.75, 3.05) is 4.90 Å². The number of amides is 1. The first-order valence-corrected chi connectivity index (χ1v) is 10.6. The van der Waals surface area contributed by atoms with Gasteiger partial charge < -0.3 is 4.42 Å². The van der Waals surface area contributed by atoms with Crippen molar-refractivity contribution < 1.29 is 9.21 Å². The van der Waals surface area contributed by atoms with E-state index in [9.17, 15) is 9.59 Å². The second kappa shape index (κ2) is 6.58. The minimum absolute atomic E-state index is 0.0703. The first kappa shape index (κ1) is 18.0. The van der Waals surface area contributed by atoms with E-state index in [2.05, 4.69) is 4.98 Å². The van der Waals surface area contributed by atoms with Gasteiger partial charge in [-0.25, -0.2) is 4.98 Å². The Morgan fingerprint density at radius 2 is 1.84 bits per heavy atom. The van der Waals surface area contributed by atoms with Gasteiger partial charge in [-0.15, -0.1) is 0 Å². The van der Waals surface area contributed by atoms with E-state index in [4.69, 9.17) is 9.40 Å². The lowest BCUT2D eigenvalue weighted by Gasteiger charge is -2.22. The Balaban J connectivity index is 1.64. The van der Waals surface area contributed by atoms with Gasteiger partial charge in [-0.05, 0) is 54.4 Å². The summed E-state index contributed by atoms with van der Waals surface area (Å²) < 4.78 is 6.95. The Labute approximate surface area is 180 Å². The molecule has 6 rings (SSSR count). The van der Waals surface area contributed by atoms with E-state index in [-0.39, 0.29) is 17.1 Å². The van der Waals surface area contributed by atoms with Crippen molar-refractivity contribution in [1.29, 1.82) is 0 Å². The van der Waals surface area contributed by atoms with Gasteiger partial charge in [0.25, 0.3) is 5.91 Å². The van der Waals surface area contributed by atoms with Gasteiger partial charge in [-0.1, -0.05) is 29.5 Å². The highest BCUT2D eigenvalue weighted by Gasteiger charge is 2.44. The van der Waals surface area contributed by atoms with Crippen LogP contribution in [0.5, 0.6) is 0 Å². The van der Waals surface area contributed by atoms with Crippen molar-refractivity contribution in [2.45, 2.75) is 13.0 Å². The smallest absolute Gasteiger partial charge is 0.297 e. The zero-order chi connectivity index (χ0) is 21.1. The normalized spacial score (nSPS) is 15.7. The number of pyridine rings is 1. The van der Waals surface area contributed by atoms with Gasteiger partial charge in [0.2, 0.25) is 5.76 Å². The molecule has 0 spiro atoms. The molecule has 0 radical (unpaired) electrons. The molecule has 3 aromatic heterocycles. The number of thiazole rings is 1.